The van der Waals surface area contributed by atoms with Gasteiger partial charge < -0.3 is 10.6 Å². The molecule has 0 aromatic carbocycles. The van der Waals surface area contributed by atoms with Gasteiger partial charge >= 0.3 is 0 Å². The lowest BCUT2D eigenvalue weighted by Gasteiger charge is -2.30. The molecule has 1 saturated carbocycles. The van der Waals surface area contributed by atoms with E-state index < -0.39 is 0 Å². The van der Waals surface area contributed by atoms with E-state index in [0.717, 1.165) is 18.3 Å². The Labute approximate surface area is 105 Å². The molecule has 1 aliphatic heterocycles. The lowest BCUT2D eigenvalue weighted by atomic mass is 9.97. The zero-order valence-corrected chi connectivity index (χ0v) is 11.2. The summed E-state index contributed by atoms with van der Waals surface area (Å²) >= 11 is 0. The Hall–Kier alpha value is -0.570. The lowest BCUT2D eigenvalue weighted by molar-refractivity contribution is 0.196. The van der Waals surface area contributed by atoms with E-state index in [9.17, 15) is 0 Å². The molecule has 98 valence electrons. The summed E-state index contributed by atoms with van der Waals surface area (Å²) in [5.41, 5.74) is 6.09. The fourth-order valence-corrected chi connectivity index (χ4v) is 3.07. The predicted octanol–water partition coefficient (Wildman–Crippen LogP) is 2.27. The maximum atomic E-state index is 6.09. The van der Waals surface area contributed by atoms with Crippen LogP contribution in [-0.2, 0) is 0 Å². The first-order valence-electron chi connectivity index (χ1n) is 7.31. The van der Waals surface area contributed by atoms with E-state index >= 15 is 0 Å². The van der Waals surface area contributed by atoms with Gasteiger partial charge in [0.2, 0.25) is 0 Å². The molecule has 0 aromatic heterocycles. The first-order valence-corrected chi connectivity index (χ1v) is 7.31. The molecular formula is C14H27N3. The van der Waals surface area contributed by atoms with Crippen molar-refractivity contribution in [3.63, 3.8) is 0 Å². The van der Waals surface area contributed by atoms with E-state index in [1.807, 2.05) is 0 Å². The fraction of sp³-hybridized carbons (Fsp3) is 0.929. The molecule has 2 fully saturated rings. The Kier molecular flexibility index (Phi) is 4.84. The van der Waals surface area contributed by atoms with Crippen molar-refractivity contribution >= 4 is 5.84 Å². The number of likely N-dealkylation sites (tertiary alicyclic amines) is 1. The van der Waals surface area contributed by atoms with Gasteiger partial charge in [-0.05, 0) is 51.2 Å². The molecule has 0 unspecified atom stereocenters. The van der Waals surface area contributed by atoms with Crippen LogP contribution in [0.5, 0.6) is 0 Å². The Morgan fingerprint density at radius 2 is 1.82 bits per heavy atom. The molecule has 2 aliphatic rings. The maximum Gasteiger partial charge on any atom is 0.0968 e. The molecule has 1 saturated heterocycles. The van der Waals surface area contributed by atoms with Gasteiger partial charge in [0.25, 0.3) is 0 Å². The summed E-state index contributed by atoms with van der Waals surface area (Å²) in [4.78, 5) is 7.18. The highest BCUT2D eigenvalue weighted by molar-refractivity contribution is 5.83. The first kappa shape index (κ1) is 12.9. The first-order chi connectivity index (χ1) is 8.29. The summed E-state index contributed by atoms with van der Waals surface area (Å²) < 4.78 is 0. The van der Waals surface area contributed by atoms with Crippen LogP contribution in [-0.4, -0.2) is 36.9 Å². The Balaban J connectivity index is 1.72. The molecule has 17 heavy (non-hydrogen) atoms. The van der Waals surface area contributed by atoms with E-state index in [-0.39, 0.29) is 0 Å². The molecule has 3 nitrogen and oxygen atoms in total. The van der Waals surface area contributed by atoms with Gasteiger partial charge in [0, 0.05) is 12.5 Å². The summed E-state index contributed by atoms with van der Waals surface area (Å²) in [6.07, 6.45) is 7.82. The van der Waals surface area contributed by atoms with Crippen LogP contribution in [0, 0.1) is 11.8 Å². The van der Waals surface area contributed by atoms with Crippen molar-refractivity contribution in [2.75, 3.05) is 26.2 Å². The van der Waals surface area contributed by atoms with Gasteiger partial charge in [-0.1, -0.05) is 19.8 Å². The molecule has 0 atom stereocenters. The highest BCUT2D eigenvalue weighted by atomic mass is 15.1. The topological polar surface area (TPSA) is 41.6 Å². The van der Waals surface area contributed by atoms with Crippen LogP contribution in [0.3, 0.4) is 0 Å². The lowest BCUT2D eigenvalue weighted by Crippen LogP contribution is -2.34. The van der Waals surface area contributed by atoms with Crippen molar-refractivity contribution in [3.05, 3.63) is 0 Å². The number of rotatable bonds is 4. The minimum atomic E-state index is 0.603. The third-order valence-corrected chi connectivity index (χ3v) is 4.46. The standard InChI is InChI=1S/C14H27N3/c1-2-17-9-7-12(8-10-17)11-16-14(15)13-5-3-4-6-13/h12-13H,2-11H2,1H3,(H2,15,16). The summed E-state index contributed by atoms with van der Waals surface area (Å²) in [6, 6.07) is 0. The highest BCUT2D eigenvalue weighted by Crippen LogP contribution is 2.25. The van der Waals surface area contributed by atoms with Gasteiger partial charge in [0.15, 0.2) is 0 Å². The van der Waals surface area contributed by atoms with E-state index in [4.69, 9.17) is 5.73 Å². The molecule has 2 rings (SSSR count). The Bertz CT molecular complexity index is 248. The number of piperidine rings is 1. The SMILES string of the molecule is CCN1CCC(CN=C(N)C2CCCC2)CC1. The zero-order chi connectivity index (χ0) is 12.1. The van der Waals surface area contributed by atoms with Crippen molar-refractivity contribution in [3.8, 4) is 0 Å². The van der Waals surface area contributed by atoms with Crippen molar-refractivity contribution in [1.29, 1.82) is 0 Å². The van der Waals surface area contributed by atoms with Crippen molar-refractivity contribution in [2.45, 2.75) is 45.4 Å². The van der Waals surface area contributed by atoms with Gasteiger partial charge in [-0.3, -0.25) is 4.99 Å². The zero-order valence-electron chi connectivity index (χ0n) is 11.2. The average molecular weight is 237 g/mol. The van der Waals surface area contributed by atoms with E-state index in [0.29, 0.717) is 5.92 Å². The van der Waals surface area contributed by atoms with Gasteiger partial charge in [-0.25, -0.2) is 0 Å². The second-order valence-corrected chi connectivity index (χ2v) is 5.62. The van der Waals surface area contributed by atoms with Crippen molar-refractivity contribution in [2.24, 2.45) is 22.6 Å². The van der Waals surface area contributed by atoms with Crippen molar-refractivity contribution in [1.82, 2.24) is 4.90 Å². The van der Waals surface area contributed by atoms with Crippen LogP contribution >= 0.6 is 0 Å². The fourth-order valence-electron chi connectivity index (χ4n) is 3.07. The van der Waals surface area contributed by atoms with Gasteiger partial charge in [0.1, 0.15) is 0 Å². The summed E-state index contributed by atoms with van der Waals surface area (Å²) in [5.74, 6) is 2.32. The predicted molar refractivity (Wildman–Crippen MR) is 73.3 cm³/mol. The molecule has 0 aromatic rings. The second kappa shape index (κ2) is 6.39. The number of nitrogens with zero attached hydrogens (tertiary/aromatic N) is 2. The van der Waals surface area contributed by atoms with Crippen LogP contribution in [0.15, 0.2) is 4.99 Å². The molecule has 0 radical (unpaired) electrons. The van der Waals surface area contributed by atoms with Crippen LogP contribution in [0.25, 0.3) is 0 Å². The summed E-state index contributed by atoms with van der Waals surface area (Å²) in [5, 5.41) is 0. The van der Waals surface area contributed by atoms with E-state index in [1.54, 1.807) is 0 Å². The summed E-state index contributed by atoms with van der Waals surface area (Å²) in [7, 11) is 0. The number of aliphatic imine (C=N–C) groups is 1. The maximum absolute atomic E-state index is 6.09. The third-order valence-electron chi connectivity index (χ3n) is 4.46. The van der Waals surface area contributed by atoms with Crippen LogP contribution in [0.1, 0.15) is 45.4 Å². The molecule has 0 amide bonds. The second-order valence-electron chi connectivity index (χ2n) is 5.62. The largest absolute Gasteiger partial charge is 0.387 e. The number of hydrogen-bond donors (Lipinski definition) is 1. The normalized spacial score (nSPS) is 25.6. The van der Waals surface area contributed by atoms with Crippen LogP contribution < -0.4 is 5.73 Å². The average Bonchev–Trinajstić information content (AvgIpc) is 2.90. The van der Waals surface area contributed by atoms with E-state index in [2.05, 4.69) is 16.8 Å². The quantitative estimate of drug-likeness (QED) is 0.602. The molecule has 1 aliphatic carbocycles. The monoisotopic (exact) mass is 237 g/mol. The smallest absolute Gasteiger partial charge is 0.0968 e. The molecule has 3 heteroatoms. The number of hydrogen-bond acceptors (Lipinski definition) is 2. The Morgan fingerprint density at radius 3 is 2.41 bits per heavy atom. The summed E-state index contributed by atoms with van der Waals surface area (Å²) in [6.45, 7) is 6.91. The molecule has 0 spiro atoms. The Morgan fingerprint density at radius 1 is 1.18 bits per heavy atom. The molecule has 0 bridgehead atoms. The third kappa shape index (κ3) is 3.70. The minimum Gasteiger partial charge on any atom is -0.387 e. The molecular weight excluding hydrogens is 210 g/mol. The van der Waals surface area contributed by atoms with Crippen LogP contribution in [0.2, 0.25) is 0 Å². The van der Waals surface area contributed by atoms with Crippen LogP contribution in [0.4, 0.5) is 0 Å². The number of amidine groups is 1. The highest BCUT2D eigenvalue weighted by Gasteiger charge is 2.20. The minimum absolute atomic E-state index is 0.603. The number of nitrogens with two attached hydrogens (primary N) is 1. The van der Waals surface area contributed by atoms with E-state index in [1.165, 1.54) is 58.2 Å². The van der Waals surface area contributed by atoms with Crippen molar-refractivity contribution < 1.29 is 0 Å². The molecule has 1 heterocycles. The van der Waals surface area contributed by atoms with Gasteiger partial charge in [0.05, 0.1) is 5.84 Å². The van der Waals surface area contributed by atoms with Gasteiger partial charge in [-0.15, -0.1) is 0 Å². The van der Waals surface area contributed by atoms with Gasteiger partial charge in [-0.2, -0.15) is 0 Å². The molecule has 2 N–H and O–H groups in total.